The molecule has 0 saturated carbocycles. The molecule has 2 heterocycles. The topological polar surface area (TPSA) is 85.8 Å². The number of anilines is 1. The number of rotatable bonds is 5. The summed E-state index contributed by atoms with van der Waals surface area (Å²) < 4.78 is 1.72. The Morgan fingerprint density at radius 1 is 1.60 bits per heavy atom. The van der Waals surface area contributed by atoms with E-state index in [4.69, 9.17) is 5.73 Å². The summed E-state index contributed by atoms with van der Waals surface area (Å²) in [5.74, 6) is 0.690. The number of aryl methyl sites for hydroxylation is 2. The molecule has 7 heteroatoms. The Morgan fingerprint density at radius 2 is 2.35 bits per heavy atom. The molecule has 108 valence electrons. The Balaban J connectivity index is 2.13. The zero-order valence-corrected chi connectivity index (χ0v) is 12.7. The summed E-state index contributed by atoms with van der Waals surface area (Å²) in [5, 5.41) is 8.04. The lowest BCUT2D eigenvalue weighted by Gasteiger charge is -2.11. The van der Waals surface area contributed by atoms with Gasteiger partial charge in [-0.05, 0) is 31.4 Å². The fourth-order valence-corrected chi connectivity index (χ4v) is 2.48. The molecule has 2 aromatic rings. The summed E-state index contributed by atoms with van der Waals surface area (Å²) in [5.41, 5.74) is 8.17. The molecule has 0 unspecified atom stereocenters. The molecule has 0 aliphatic carbocycles. The lowest BCUT2D eigenvalue weighted by Crippen LogP contribution is -2.36. The van der Waals surface area contributed by atoms with Crippen LogP contribution in [-0.4, -0.2) is 38.7 Å². The predicted molar refractivity (Wildman–Crippen MR) is 82.9 cm³/mol. The van der Waals surface area contributed by atoms with Gasteiger partial charge in [-0.1, -0.05) is 0 Å². The Kier molecular flexibility index (Phi) is 4.61. The highest BCUT2D eigenvalue weighted by Crippen LogP contribution is 2.19. The molecular formula is C13H19N5OS. The number of thioether (sulfide) groups is 1. The van der Waals surface area contributed by atoms with E-state index in [1.165, 1.54) is 0 Å². The molecule has 0 bridgehead atoms. The molecule has 0 aliphatic rings. The maximum atomic E-state index is 12.0. The molecule has 1 amide bonds. The van der Waals surface area contributed by atoms with Crippen molar-refractivity contribution in [1.29, 1.82) is 0 Å². The van der Waals surface area contributed by atoms with Crippen molar-refractivity contribution in [3.05, 3.63) is 18.0 Å². The van der Waals surface area contributed by atoms with Gasteiger partial charge in [0.05, 0.1) is 23.6 Å². The van der Waals surface area contributed by atoms with Crippen LogP contribution in [0.2, 0.25) is 0 Å². The van der Waals surface area contributed by atoms with E-state index >= 15 is 0 Å². The Hall–Kier alpha value is -1.60. The number of nitrogens with zero attached hydrogens (tertiary/aromatic N) is 3. The highest BCUT2D eigenvalue weighted by atomic mass is 32.2. The largest absolute Gasteiger partial charge is 0.323 e. The summed E-state index contributed by atoms with van der Waals surface area (Å²) >= 11 is 1.68. The van der Waals surface area contributed by atoms with Crippen molar-refractivity contribution in [2.45, 2.75) is 19.4 Å². The highest BCUT2D eigenvalue weighted by Gasteiger charge is 2.14. The predicted octanol–water partition coefficient (Wildman–Crippen LogP) is 1.30. The smallest absolute Gasteiger partial charge is 0.241 e. The monoisotopic (exact) mass is 293 g/mol. The molecule has 20 heavy (non-hydrogen) atoms. The molecule has 0 fully saturated rings. The Morgan fingerprint density at radius 3 is 3.05 bits per heavy atom. The first kappa shape index (κ1) is 14.8. The first-order chi connectivity index (χ1) is 9.52. The van der Waals surface area contributed by atoms with E-state index in [-0.39, 0.29) is 5.91 Å². The number of pyridine rings is 1. The number of hydrogen-bond acceptors (Lipinski definition) is 5. The van der Waals surface area contributed by atoms with Crippen LogP contribution in [0.15, 0.2) is 12.3 Å². The van der Waals surface area contributed by atoms with Crippen LogP contribution >= 0.6 is 11.8 Å². The van der Waals surface area contributed by atoms with Crippen molar-refractivity contribution in [3.8, 4) is 0 Å². The van der Waals surface area contributed by atoms with E-state index < -0.39 is 6.04 Å². The number of fused-ring (bicyclic) bond motifs is 1. The van der Waals surface area contributed by atoms with Crippen LogP contribution in [-0.2, 0) is 11.8 Å². The summed E-state index contributed by atoms with van der Waals surface area (Å²) in [6.45, 7) is 1.92. The Labute approximate surface area is 122 Å². The zero-order valence-electron chi connectivity index (χ0n) is 11.9. The van der Waals surface area contributed by atoms with Crippen LogP contribution in [0.3, 0.4) is 0 Å². The first-order valence-corrected chi connectivity index (χ1v) is 7.77. The summed E-state index contributed by atoms with van der Waals surface area (Å²) in [6, 6.07) is 1.39. The number of carbonyl (C=O) groups is 1. The number of nitrogens with one attached hydrogen (secondary N) is 1. The van der Waals surface area contributed by atoms with Gasteiger partial charge in [-0.15, -0.1) is 0 Å². The average Bonchev–Trinajstić information content (AvgIpc) is 2.71. The maximum Gasteiger partial charge on any atom is 0.241 e. The summed E-state index contributed by atoms with van der Waals surface area (Å²) in [6.07, 6.45) is 4.28. The molecule has 0 radical (unpaired) electrons. The molecule has 0 saturated heterocycles. The average molecular weight is 293 g/mol. The lowest BCUT2D eigenvalue weighted by atomic mass is 10.2. The van der Waals surface area contributed by atoms with Crippen LogP contribution in [0, 0.1) is 6.92 Å². The number of aromatic nitrogens is 3. The van der Waals surface area contributed by atoms with Crippen molar-refractivity contribution < 1.29 is 4.79 Å². The minimum Gasteiger partial charge on any atom is -0.323 e. The van der Waals surface area contributed by atoms with Gasteiger partial charge in [0, 0.05) is 12.4 Å². The van der Waals surface area contributed by atoms with Crippen molar-refractivity contribution in [2.24, 2.45) is 12.8 Å². The van der Waals surface area contributed by atoms with Gasteiger partial charge < -0.3 is 11.1 Å². The molecule has 2 aromatic heterocycles. The van der Waals surface area contributed by atoms with Crippen molar-refractivity contribution in [3.63, 3.8) is 0 Å². The van der Waals surface area contributed by atoms with Gasteiger partial charge in [0.2, 0.25) is 5.91 Å². The number of nitrogens with two attached hydrogens (primary N) is 1. The van der Waals surface area contributed by atoms with Gasteiger partial charge >= 0.3 is 0 Å². The van der Waals surface area contributed by atoms with Crippen molar-refractivity contribution in [2.75, 3.05) is 17.3 Å². The van der Waals surface area contributed by atoms with Crippen LogP contribution < -0.4 is 11.1 Å². The molecule has 2 rings (SSSR count). The summed E-state index contributed by atoms with van der Waals surface area (Å²) in [7, 11) is 1.85. The third-order valence-electron chi connectivity index (χ3n) is 3.10. The number of amides is 1. The normalized spacial score (nSPS) is 12.6. The van der Waals surface area contributed by atoms with E-state index in [1.807, 2.05) is 26.3 Å². The molecule has 6 nitrogen and oxygen atoms in total. The zero-order chi connectivity index (χ0) is 14.7. The highest BCUT2D eigenvalue weighted by molar-refractivity contribution is 7.98. The van der Waals surface area contributed by atoms with Gasteiger partial charge in [0.25, 0.3) is 0 Å². The standard InChI is InChI=1S/C13H19N5OS/c1-8-10-6-9(7-15-12(10)18(2)17-8)16-13(19)11(14)4-5-20-3/h6-7,11H,4-5,14H2,1-3H3,(H,16,19)/t11-/m0/s1. The molecule has 3 N–H and O–H groups in total. The molecule has 1 atom stereocenters. The quantitative estimate of drug-likeness (QED) is 0.867. The van der Waals surface area contributed by atoms with Gasteiger partial charge in [-0.2, -0.15) is 16.9 Å². The van der Waals surface area contributed by atoms with E-state index in [2.05, 4.69) is 15.4 Å². The molecule has 0 spiro atoms. The van der Waals surface area contributed by atoms with E-state index in [0.717, 1.165) is 22.5 Å². The van der Waals surface area contributed by atoms with E-state index in [1.54, 1.807) is 22.6 Å². The number of carbonyl (C=O) groups excluding carboxylic acids is 1. The molecule has 0 aliphatic heterocycles. The van der Waals surface area contributed by atoms with Gasteiger partial charge in [-0.25, -0.2) is 4.98 Å². The maximum absolute atomic E-state index is 12.0. The fourth-order valence-electron chi connectivity index (χ4n) is 1.99. The van der Waals surface area contributed by atoms with E-state index in [9.17, 15) is 4.79 Å². The second-order valence-corrected chi connectivity index (χ2v) is 5.67. The molecule has 0 aromatic carbocycles. The van der Waals surface area contributed by atoms with Crippen LogP contribution in [0.25, 0.3) is 11.0 Å². The SMILES string of the molecule is CSCC[C@H](N)C(=O)Nc1cnc2c(c1)c(C)nn2C. The van der Waals surface area contributed by atoms with Crippen LogP contribution in [0.1, 0.15) is 12.1 Å². The fraction of sp³-hybridized carbons (Fsp3) is 0.462. The minimum atomic E-state index is -0.492. The van der Waals surface area contributed by atoms with Gasteiger partial charge in [-0.3, -0.25) is 9.48 Å². The van der Waals surface area contributed by atoms with Crippen molar-refractivity contribution >= 4 is 34.4 Å². The Bertz CT molecular complexity index is 624. The van der Waals surface area contributed by atoms with Gasteiger partial charge in [0.15, 0.2) is 5.65 Å². The van der Waals surface area contributed by atoms with E-state index in [0.29, 0.717) is 12.1 Å². The lowest BCUT2D eigenvalue weighted by molar-refractivity contribution is -0.117. The third-order valence-corrected chi connectivity index (χ3v) is 3.74. The van der Waals surface area contributed by atoms with Crippen LogP contribution in [0.4, 0.5) is 5.69 Å². The second-order valence-electron chi connectivity index (χ2n) is 4.68. The minimum absolute atomic E-state index is 0.179. The van der Waals surface area contributed by atoms with Gasteiger partial charge in [0.1, 0.15) is 0 Å². The molecular weight excluding hydrogens is 274 g/mol. The van der Waals surface area contributed by atoms with Crippen molar-refractivity contribution in [1.82, 2.24) is 14.8 Å². The van der Waals surface area contributed by atoms with Crippen LogP contribution in [0.5, 0.6) is 0 Å². The second kappa shape index (κ2) is 6.23. The first-order valence-electron chi connectivity index (χ1n) is 6.37. The third kappa shape index (κ3) is 3.10. The number of hydrogen-bond donors (Lipinski definition) is 2. The summed E-state index contributed by atoms with van der Waals surface area (Å²) in [4.78, 5) is 16.3.